The largest absolute Gasteiger partial charge is 0.490 e. The van der Waals surface area contributed by atoms with Crippen molar-refractivity contribution in [3.63, 3.8) is 0 Å². The Morgan fingerprint density at radius 1 is 1.00 bits per heavy atom. The van der Waals surface area contributed by atoms with E-state index >= 15 is 0 Å². The summed E-state index contributed by atoms with van der Waals surface area (Å²) in [5.74, 6) is 0.784. The van der Waals surface area contributed by atoms with Crippen LogP contribution in [-0.4, -0.2) is 24.0 Å². The van der Waals surface area contributed by atoms with Gasteiger partial charge in [0.2, 0.25) is 11.8 Å². The summed E-state index contributed by atoms with van der Waals surface area (Å²) < 4.78 is 5.95. The molecule has 0 aromatic heterocycles. The zero-order valence-corrected chi connectivity index (χ0v) is 14.9. The number of carbonyl (C=O) groups excluding carboxylic acids is 2. The van der Waals surface area contributed by atoms with E-state index in [2.05, 4.69) is 10.6 Å². The second-order valence-corrected chi connectivity index (χ2v) is 7.26. The fourth-order valence-corrected chi connectivity index (χ4v) is 3.94. The van der Waals surface area contributed by atoms with Gasteiger partial charge in [0.1, 0.15) is 11.8 Å². The van der Waals surface area contributed by atoms with Gasteiger partial charge in [0.05, 0.1) is 6.10 Å². The molecule has 136 valence electrons. The normalized spacial score (nSPS) is 19.6. The summed E-state index contributed by atoms with van der Waals surface area (Å²) in [6, 6.07) is 7.08. The molecule has 0 spiro atoms. The number of carbonyl (C=O) groups is 2. The van der Waals surface area contributed by atoms with Gasteiger partial charge in [0, 0.05) is 12.6 Å². The number of amides is 2. The molecule has 0 bridgehead atoms. The lowest BCUT2D eigenvalue weighted by atomic mass is 9.97. The number of hydrogen-bond acceptors (Lipinski definition) is 3. The number of anilines is 1. The minimum Gasteiger partial charge on any atom is -0.490 e. The van der Waals surface area contributed by atoms with Crippen molar-refractivity contribution < 1.29 is 14.3 Å². The van der Waals surface area contributed by atoms with Gasteiger partial charge in [-0.2, -0.15) is 0 Å². The molecule has 2 saturated carbocycles. The maximum absolute atomic E-state index is 12.6. The Labute approximate surface area is 149 Å². The zero-order valence-electron chi connectivity index (χ0n) is 14.9. The molecule has 1 aromatic carbocycles. The molecule has 2 aliphatic carbocycles. The van der Waals surface area contributed by atoms with E-state index in [1.807, 2.05) is 24.3 Å². The molecule has 2 N–H and O–H groups in total. The van der Waals surface area contributed by atoms with Gasteiger partial charge >= 0.3 is 0 Å². The van der Waals surface area contributed by atoms with Crippen molar-refractivity contribution in [1.82, 2.24) is 5.32 Å². The second kappa shape index (κ2) is 8.37. The predicted octanol–water partition coefficient (Wildman–Crippen LogP) is 3.64. The number of benzene rings is 1. The fraction of sp³-hybridized carbons (Fsp3) is 0.600. The third-order valence-corrected chi connectivity index (χ3v) is 5.24. The van der Waals surface area contributed by atoms with E-state index in [0.29, 0.717) is 6.10 Å². The summed E-state index contributed by atoms with van der Waals surface area (Å²) in [4.78, 5) is 24.1. The molecule has 3 rings (SSSR count). The van der Waals surface area contributed by atoms with Crippen LogP contribution in [0.25, 0.3) is 0 Å². The fourth-order valence-electron chi connectivity index (χ4n) is 3.94. The molecule has 0 heterocycles. The maximum atomic E-state index is 12.6. The van der Waals surface area contributed by atoms with Gasteiger partial charge in [-0.1, -0.05) is 12.8 Å². The summed E-state index contributed by atoms with van der Waals surface area (Å²) in [5.41, 5.74) is 0.733. The van der Waals surface area contributed by atoms with E-state index in [0.717, 1.165) is 50.0 Å². The lowest BCUT2D eigenvalue weighted by molar-refractivity contribution is -0.126. The van der Waals surface area contributed by atoms with Gasteiger partial charge in [-0.05, 0) is 68.7 Å². The molecule has 1 aromatic rings. The van der Waals surface area contributed by atoms with Gasteiger partial charge in [-0.15, -0.1) is 0 Å². The van der Waals surface area contributed by atoms with Crippen LogP contribution in [0.4, 0.5) is 5.69 Å². The summed E-state index contributed by atoms with van der Waals surface area (Å²) >= 11 is 0. The van der Waals surface area contributed by atoms with E-state index in [4.69, 9.17) is 4.74 Å². The Morgan fingerprint density at radius 2 is 1.60 bits per heavy atom. The maximum Gasteiger partial charge on any atom is 0.247 e. The Kier molecular flexibility index (Phi) is 5.95. The van der Waals surface area contributed by atoms with Crippen LogP contribution in [0.5, 0.6) is 5.75 Å². The molecule has 0 radical (unpaired) electrons. The average molecular weight is 344 g/mol. The second-order valence-electron chi connectivity index (χ2n) is 7.26. The number of nitrogens with one attached hydrogen (secondary N) is 2. The number of hydrogen-bond donors (Lipinski definition) is 2. The van der Waals surface area contributed by atoms with Crippen LogP contribution in [0.1, 0.15) is 58.3 Å². The van der Waals surface area contributed by atoms with Crippen molar-refractivity contribution in [3.8, 4) is 5.75 Å². The highest BCUT2D eigenvalue weighted by Crippen LogP contribution is 2.29. The molecule has 0 aliphatic heterocycles. The molecular formula is C20H28N2O3. The van der Waals surface area contributed by atoms with E-state index in [1.165, 1.54) is 19.8 Å². The molecule has 5 heteroatoms. The quantitative estimate of drug-likeness (QED) is 0.828. The minimum atomic E-state index is -0.450. The summed E-state index contributed by atoms with van der Waals surface area (Å²) in [6.45, 7) is 1.46. The van der Waals surface area contributed by atoms with E-state index < -0.39 is 6.04 Å². The van der Waals surface area contributed by atoms with Crippen molar-refractivity contribution in [2.75, 3.05) is 5.32 Å². The van der Waals surface area contributed by atoms with E-state index in [1.54, 1.807) is 0 Å². The van der Waals surface area contributed by atoms with E-state index in [9.17, 15) is 9.59 Å². The lowest BCUT2D eigenvalue weighted by Crippen LogP contribution is -2.47. The molecule has 2 fully saturated rings. The van der Waals surface area contributed by atoms with E-state index in [-0.39, 0.29) is 17.7 Å². The highest BCUT2D eigenvalue weighted by molar-refractivity contribution is 5.97. The molecular weight excluding hydrogens is 316 g/mol. The third-order valence-electron chi connectivity index (χ3n) is 5.24. The average Bonchev–Trinajstić information content (AvgIpc) is 3.28. The van der Waals surface area contributed by atoms with Gasteiger partial charge in [-0.25, -0.2) is 0 Å². The first-order valence-corrected chi connectivity index (χ1v) is 9.46. The Bertz CT molecular complexity index is 587. The third kappa shape index (κ3) is 4.97. The van der Waals surface area contributed by atoms with Crippen LogP contribution in [-0.2, 0) is 9.59 Å². The zero-order chi connectivity index (χ0) is 17.6. The first kappa shape index (κ1) is 17.8. The Balaban J connectivity index is 1.58. The van der Waals surface area contributed by atoms with Crippen molar-refractivity contribution >= 4 is 17.5 Å². The summed E-state index contributed by atoms with van der Waals surface area (Å²) in [6.07, 6.45) is 9.29. The minimum absolute atomic E-state index is 0.133. The topological polar surface area (TPSA) is 67.4 Å². The standard InChI is InChI=1S/C20H28N2O3/c1-14(23)21-19(15-6-2-3-7-15)20(24)22-16-10-12-18(13-11-16)25-17-8-4-5-9-17/h10-13,15,17,19H,2-9H2,1H3,(H,21,23)(H,22,24). The van der Waals surface area contributed by atoms with Gasteiger partial charge in [0.15, 0.2) is 0 Å². The van der Waals surface area contributed by atoms with Crippen LogP contribution in [0.15, 0.2) is 24.3 Å². The Morgan fingerprint density at radius 3 is 2.20 bits per heavy atom. The molecule has 25 heavy (non-hydrogen) atoms. The monoisotopic (exact) mass is 344 g/mol. The van der Waals surface area contributed by atoms with Crippen LogP contribution < -0.4 is 15.4 Å². The van der Waals surface area contributed by atoms with Gasteiger partial charge in [0.25, 0.3) is 0 Å². The number of rotatable bonds is 6. The van der Waals surface area contributed by atoms with Crippen molar-refractivity contribution in [3.05, 3.63) is 24.3 Å². The first-order chi connectivity index (χ1) is 12.1. The summed E-state index contributed by atoms with van der Waals surface area (Å²) in [7, 11) is 0. The lowest BCUT2D eigenvalue weighted by Gasteiger charge is -2.23. The van der Waals surface area contributed by atoms with Gasteiger partial charge in [-0.3, -0.25) is 9.59 Å². The Hall–Kier alpha value is -2.04. The highest BCUT2D eigenvalue weighted by Gasteiger charge is 2.31. The molecule has 1 unspecified atom stereocenters. The molecule has 1 atom stereocenters. The van der Waals surface area contributed by atoms with Crippen LogP contribution in [0.3, 0.4) is 0 Å². The highest BCUT2D eigenvalue weighted by atomic mass is 16.5. The first-order valence-electron chi connectivity index (χ1n) is 9.46. The molecule has 2 amide bonds. The summed E-state index contributed by atoms with van der Waals surface area (Å²) in [5, 5.41) is 5.76. The SMILES string of the molecule is CC(=O)NC(C(=O)Nc1ccc(OC2CCCC2)cc1)C1CCCC1. The van der Waals surface area contributed by atoms with Crippen LogP contribution in [0, 0.1) is 5.92 Å². The smallest absolute Gasteiger partial charge is 0.247 e. The van der Waals surface area contributed by atoms with Crippen molar-refractivity contribution in [2.24, 2.45) is 5.92 Å². The number of ether oxygens (including phenoxy) is 1. The molecule has 2 aliphatic rings. The van der Waals surface area contributed by atoms with Crippen molar-refractivity contribution in [2.45, 2.75) is 70.4 Å². The van der Waals surface area contributed by atoms with Crippen molar-refractivity contribution in [1.29, 1.82) is 0 Å². The molecule has 5 nitrogen and oxygen atoms in total. The van der Waals surface area contributed by atoms with Crippen LogP contribution in [0.2, 0.25) is 0 Å². The van der Waals surface area contributed by atoms with Gasteiger partial charge < -0.3 is 15.4 Å². The predicted molar refractivity (Wildman–Crippen MR) is 97.5 cm³/mol. The van der Waals surface area contributed by atoms with Crippen LogP contribution >= 0.6 is 0 Å². The molecule has 0 saturated heterocycles.